The van der Waals surface area contributed by atoms with E-state index in [0.717, 1.165) is 5.69 Å². The Hall–Kier alpha value is -0.960. The lowest BCUT2D eigenvalue weighted by Crippen LogP contribution is -2.13. The highest BCUT2D eigenvalue weighted by Crippen LogP contribution is 2.10. The summed E-state index contributed by atoms with van der Waals surface area (Å²) < 4.78 is 12.2. The van der Waals surface area contributed by atoms with Crippen LogP contribution in [0.4, 0.5) is 4.39 Å². The lowest BCUT2D eigenvalue weighted by Gasteiger charge is -2.09. The number of nitrogens with one attached hydrogen (secondary N) is 1. The van der Waals surface area contributed by atoms with Gasteiger partial charge in [-0.3, -0.25) is 4.98 Å². The Morgan fingerprint density at radius 3 is 3.00 bits per heavy atom. The first kappa shape index (κ1) is 9.13. The van der Waals surface area contributed by atoms with Crippen LogP contribution < -0.4 is 5.32 Å². The summed E-state index contributed by atoms with van der Waals surface area (Å²) in [6, 6.07) is 3.64. The molecule has 0 fully saturated rings. The summed E-state index contributed by atoms with van der Waals surface area (Å²) in [7, 11) is 1.86. The third-order valence-corrected chi connectivity index (χ3v) is 1.88. The molecule has 0 aromatic carbocycles. The van der Waals surface area contributed by atoms with Gasteiger partial charge in [-0.1, -0.05) is 0 Å². The molecule has 1 atom stereocenters. The largest absolute Gasteiger partial charge is 0.312 e. The molecule has 0 radical (unpaired) electrons. The minimum absolute atomic E-state index is 0.177. The molecule has 3 heteroatoms. The SMILES string of the molecule is CNC(C)c1cc(CF)ccn1. The quantitative estimate of drug-likeness (QED) is 0.744. The number of aromatic nitrogens is 1. The molecule has 0 saturated heterocycles. The van der Waals surface area contributed by atoms with E-state index in [2.05, 4.69) is 10.3 Å². The molecule has 0 aliphatic carbocycles. The zero-order valence-electron chi connectivity index (χ0n) is 7.34. The van der Waals surface area contributed by atoms with Gasteiger partial charge >= 0.3 is 0 Å². The number of alkyl halides is 1. The number of hydrogen-bond acceptors (Lipinski definition) is 2. The first-order valence-corrected chi connectivity index (χ1v) is 3.96. The van der Waals surface area contributed by atoms with Crippen LogP contribution in [0.5, 0.6) is 0 Å². The van der Waals surface area contributed by atoms with Crippen molar-refractivity contribution in [3.05, 3.63) is 29.6 Å². The maximum Gasteiger partial charge on any atom is 0.115 e. The van der Waals surface area contributed by atoms with Crippen molar-refractivity contribution in [3.8, 4) is 0 Å². The molecule has 0 saturated carbocycles. The summed E-state index contributed by atoms with van der Waals surface area (Å²) in [5.41, 5.74) is 1.56. The second-order valence-electron chi connectivity index (χ2n) is 2.73. The van der Waals surface area contributed by atoms with Crippen LogP contribution in [0.3, 0.4) is 0 Å². The molecule has 0 amide bonds. The highest BCUT2D eigenvalue weighted by atomic mass is 19.1. The second-order valence-corrected chi connectivity index (χ2v) is 2.73. The summed E-state index contributed by atoms with van der Waals surface area (Å²) in [6.45, 7) is 1.57. The van der Waals surface area contributed by atoms with Crippen molar-refractivity contribution in [1.29, 1.82) is 0 Å². The summed E-state index contributed by atoms with van der Waals surface area (Å²) in [4.78, 5) is 4.13. The average molecular weight is 168 g/mol. The van der Waals surface area contributed by atoms with Crippen LogP contribution in [0, 0.1) is 0 Å². The molecule has 0 aliphatic rings. The molecule has 1 unspecified atom stereocenters. The lowest BCUT2D eigenvalue weighted by molar-refractivity contribution is 0.483. The average Bonchev–Trinajstić information content (AvgIpc) is 2.17. The molecule has 1 N–H and O–H groups in total. The minimum Gasteiger partial charge on any atom is -0.312 e. The van der Waals surface area contributed by atoms with Gasteiger partial charge in [0.2, 0.25) is 0 Å². The van der Waals surface area contributed by atoms with Crippen molar-refractivity contribution in [2.75, 3.05) is 7.05 Å². The predicted molar refractivity (Wildman–Crippen MR) is 46.5 cm³/mol. The van der Waals surface area contributed by atoms with Crippen molar-refractivity contribution < 1.29 is 4.39 Å². The monoisotopic (exact) mass is 168 g/mol. The predicted octanol–water partition coefficient (Wildman–Crippen LogP) is 1.83. The number of nitrogens with zero attached hydrogens (tertiary/aromatic N) is 1. The molecule has 0 aliphatic heterocycles. The van der Waals surface area contributed by atoms with Crippen LogP contribution >= 0.6 is 0 Å². The number of halogens is 1. The van der Waals surface area contributed by atoms with Gasteiger partial charge in [-0.25, -0.2) is 4.39 Å². The highest BCUT2D eigenvalue weighted by molar-refractivity contribution is 5.17. The van der Waals surface area contributed by atoms with Crippen molar-refractivity contribution in [3.63, 3.8) is 0 Å². The lowest BCUT2D eigenvalue weighted by atomic mass is 10.1. The smallest absolute Gasteiger partial charge is 0.115 e. The van der Waals surface area contributed by atoms with Crippen molar-refractivity contribution in [2.45, 2.75) is 19.6 Å². The van der Waals surface area contributed by atoms with E-state index in [1.807, 2.05) is 14.0 Å². The van der Waals surface area contributed by atoms with E-state index in [9.17, 15) is 4.39 Å². The maximum absolute atomic E-state index is 12.2. The third-order valence-electron chi connectivity index (χ3n) is 1.88. The van der Waals surface area contributed by atoms with Gasteiger partial charge in [-0.2, -0.15) is 0 Å². The Morgan fingerprint density at radius 1 is 1.67 bits per heavy atom. The van der Waals surface area contributed by atoms with Crippen molar-refractivity contribution in [2.24, 2.45) is 0 Å². The fourth-order valence-electron chi connectivity index (χ4n) is 0.962. The van der Waals surface area contributed by atoms with Gasteiger partial charge in [0, 0.05) is 12.2 Å². The molecular formula is C9H13FN2. The van der Waals surface area contributed by atoms with Gasteiger partial charge in [-0.15, -0.1) is 0 Å². The molecular weight excluding hydrogens is 155 g/mol. The normalized spacial score (nSPS) is 12.9. The van der Waals surface area contributed by atoms with Crippen molar-refractivity contribution >= 4 is 0 Å². The van der Waals surface area contributed by atoms with Crippen LogP contribution in [0.15, 0.2) is 18.3 Å². The van der Waals surface area contributed by atoms with Gasteiger partial charge in [0.15, 0.2) is 0 Å². The first-order valence-electron chi connectivity index (χ1n) is 3.96. The Morgan fingerprint density at radius 2 is 2.42 bits per heavy atom. The van der Waals surface area contributed by atoms with Gasteiger partial charge in [-0.05, 0) is 31.7 Å². The molecule has 12 heavy (non-hydrogen) atoms. The third kappa shape index (κ3) is 2.01. The van der Waals surface area contributed by atoms with Crippen LogP contribution in [0.1, 0.15) is 24.2 Å². The van der Waals surface area contributed by atoms with E-state index in [1.54, 1.807) is 18.3 Å². The van der Waals surface area contributed by atoms with Crippen LogP contribution in [0.25, 0.3) is 0 Å². The second kappa shape index (κ2) is 4.16. The molecule has 1 rings (SSSR count). The highest BCUT2D eigenvalue weighted by Gasteiger charge is 2.03. The van der Waals surface area contributed by atoms with Gasteiger partial charge in [0.05, 0.1) is 5.69 Å². The zero-order valence-corrected chi connectivity index (χ0v) is 7.34. The van der Waals surface area contributed by atoms with Gasteiger partial charge in [0.1, 0.15) is 6.67 Å². The maximum atomic E-state index is 12.2. The van der Waals surface area contributed by atoms with E-state index in [-0.39, 0.29) is 6.04 Å². The van der Waals surface area contributed by atoms with E-state index in [1.165, 1.54) is 0 Å². The molecule has 2 nitrogen and oxygen atoms in total. The van der Waals surface area contributed by atoms with E-state index >= 15 is 0 Å². The van der Waals surface area contributed by atoms with Gasteiger partial charge < -0.3 is 5.32 Å². The standard InChI is InChI=1S/C9H13FN2/c1-7(11-2)9-5-8(6-10)3-4-12-9/h3-5,7,11H,6H2,1-2H3. The van der Waals surface area contributed by atoms with E-state index in [0.29, 0.717) is 5.56 Å². The zero-order chi connectivity index (χ0) is 8.97. The topological polar surface area (TPSA) is 24.9 Å². The minimum atomic E-state index is -0.425. The Kier molecular flexibility index (Phi) is 3.17. The van der Waals surface area contributed by atoms with E-state index < -0.39 is 6.67 Å². The van der Waals surface area contributed by atoms with Crippen molar-refractivity contribution in [1.82, 2.24) is 10.3 Å². The summed E-state index contributed by atoms with van der Waals surface area (Å²) in [6.07, 6.45) is 1.64. The number of rotatable bonds is 3. The fourth-order valence-corrected chi connectivity index (χ4v) is 0.962. The summed E-state index contributed by atoms with van der Waals surface area (Å²) in [5, 5.41) is 3.05. The van der Waals surface area contributed by atoms with Crippen LogP contribution in [-0.4, -0.2) is 12.0 Å². The summed E-state index contributed by atoms with van der Waals surface area (Å²) in [5.74, 6) is 0. The number of hydrogen-bond donors (Lipinski definition) is 1. The molecule has 0 bridgehead atoms. The number of pyridine rings is 1. The Labute approximate surface area is 71.8 Å². The molecule has 66 valence electrons. The molecule has 1 aromatic rings. The van der Waals surface area contributed by atoms with E-state index in [4.69, 9.17) is 0 Å². The Bertz CT molecular complexity index is 250. The summed E-state index contributed by atoms with van der Waals surface area (Å²) >= 11 is 0. The molecule has 1 heterocycles. The molecule has 0 spiro atoms. The first-order chi connectivity index (χ1) is 5.77. The molecule has 1 aromatic heterocycles. The van der Waals surface area contributed by atoms with Crippen LogP contribution in [0.2, 0.25) is 0 Å². The fraction of sp³-hybridized carbons (Fsp3) is 0.444. The van der Waals surface area contributed by atoms with Gasteiger partial charge in [0.25, 0.3) is 0 Å². The Balaban J connectivity index is 2.86. The van der Waals surface area contributed by atoms with Crippen LogP contribution in [-0.2, 0) is 6.67 Å².